The molecule has 2 rings (SSSR count). The fraction of sp³-hybridized carbons (Fsp3) is 0.333. The summed E-state index contributed by atoms with van der Waals surface area (Å²) in [5.74, 6) is 0. The fourth-order valence-corrected chi connectivity index (χ4v) is 2.74. The summed E-state index contributed by atoms with van der Waals surface area (Å²) in [4.78, 5) is 25.7. The number of aromatic nitrogens is 1. The molecule has 1 aromatic carbocycles. The van der Waals surface area contributed by atoms with Gasteiger partial charge in [-0.2, -0.15) is 0 Å². The van der Waals surface area contributed by atoms with Gasteiger partial charge < -0.3 is 25.2 Å². The van der Waals surface area contributed by atoms with Crippen molar-refractivity contribution in [1.29, 1.82) is 0 Å². The predicted octanol–water partition coefficient (Wildman–Crippen LogP) is 2.30. The molecule has 0 spiro atoms. The molecule has 2 aromatic rings. The van der Waals surface area contributed by atoms with E-state index in [1.165, 1.54) is 0 Å². The molecule has 8 nitrogen and oxygen atoms in total. The lowest BCUT2D eigenvalue weighted by atomic mass is 10.1. The van der Waals surface area contributed by atoms with Crippen molar-refractivity contribution in [2.24, 2.45) is 0 Å². The van der Waals surface area contributed by atoms with Gasteiger partial charge in [0.25, 0.3) is 0 Å². The fourth-order valence-electron chi connectivity index (χ4n) is 2.22. The second-order valence-corrected chi connectivity index (χ2v) is 8.03. The van der Waals surface area contributed by atoms with Crippen molar-refractivity contribution < 1.29 is 23.9 Å². The van der Waals surface area contributed by atoms with Crippen LogP contribution in [-0.4, -0.2) is 27.2 Å². The first kappa shape index (κ1) is 21.1. The molecule has 1 unspecified atom stereocenters. The van der Waals surface area contributed by atoms with E-state index in [4.69, 9.17) is 9.63 Å². The Morgan fingerprint density at radius 3 is 2.52 bits per heavy atom. The highest BCUT2D eigenvalue weighted by molar-refractivity contribution is 7.52. The van der Waals surface area contributed by atoms with Crippen LogP contribution < -0.4 is 10.6 Å². The maximum Gasteiger partial charge on any atom is 0.328 e. The second-order valence-electron chi connectivity index (χ2n) is 5.86. The number of nitrogens with one attached hydrogen (secondary N) is 2. The predicted molar refractivity (Wildman–Crippen MR) is 101 cm³/mol. The van der Waals surface area contributed by atoms with Crippen LogP contribution in [0, 0.1) is 0 Å². The zero-order valence-corrected chi connectivity index (χ0v) is 16.0. The molecule has 0 radical (unpaired) electrons. The van der Waals surface area contributed by atoms with E-state index in [1.807, 2.05) is 24.3 Å². The lowest BCUT2D eigenvalue weighted by Crippen LogP contribution is -2.34. The van der Waals surface area contributed by atoms with E-state index in [0.29, 0.717) is 17.9 Å². The van der Waals surface area contributed by atoms with E-state index >= 15 is 0 Å². The van der Waals surface area contributed by atoms with Crippen LogP contribution in [-0.2, 0) is 35.4 Å². The first-order valence-corrected chi connectivity index (χ1v) is 10.3. The number of carbonyl (C=O) groups excluding carboxylic acids is 1. The third-order valence-electron chi connectivity index (χ3n) is 3.74. The van der Waals surface area contributed by atoms with Crippen LogP contribution in [0.2, 0.25) is 0 Å². The van der Waals surface area contributed by atoms with Gasteiger partial charge in [0, 0.05) is 12.7 Å². The molecule has 9 heteroatoms. The van der Waals surface area contributed by atoms with Crippen LogP contribution in [0.4, 0.5) is 4.79 Å². The minimum absolute atomic E-state index is 0.0373. The smallest absolute Gasteiger partial charge is 0.328 e. The standard InChI is InChI=1S/C18H24N3O5P/c1-2-27(24,25)26-13-17-8-4-7-16(21-17)11-20-18(23)19-10-14-5-3-6-15(9-14)12-22/h3-9,22H,2,10-13H2,1H3,(H,24,25)(H2,19,20,23). The summed E-state index contributed by atoms with van der Waals surface area (Å²) < 4.78 is 16.5. The van der Waals surface area contributed by atoms with E-state index in [0.717, 1.165) is 11.1 Å². The molecule has 4 N–H and O–H groups in total. The Hall–Kier alpha value is -2.25. The SMILES string of the molecule is CCP(=O)(O)OCc1cccc(CNC(=O)NCc2cccc(CO)c2)n1. The molecule has 0 aliphatic carbocycles. The van der Waals surface area contributed by atoms with Crippen LogP contribution >= 0.6 is 7.60 Å². The van der Waals surface area contributed by atoms with Crippen molar-refractivity contribution in [3.05, 3.63) is 65.0 Å². The lowest BCUT2D eigenvalue weighted by molar-refractivity contribution is 0.240. The molecule has 0 saturated heterocycles. The molecular formula is C18H24N3O5P. The minimum Gasteiger partial charge on any atom is -0.392 e. The molecule has 2 amide bonds. The van der Waals surface area contributed by atoms with E-state index in [-0.39, 0.29) is 32.0 Å². The Morgan fingerprint density at radius 1 is 1.11 bits per heavy atom. The van der Waals surface area contributed by atoms with Crippen molar-refractivity contribution in [1.82, 2.24) is 15.6 Å². The maximum absolute atomic E-state index is 11.9. The number of pyridine rings is 1. The quantitative estimate of drug-likeness (QED) is 0.485. The van der Waals surface area contributed by atoms with Gasteiger partial charge in [-0.25, -0.2) is 4.79 Å². The summed E-state index contributed by atoms with van der Waals surface area (Å²) in [7, 11) is -3.56. The molecule has 1 heterocycles. The maximum atomic E-state index is 11.9. The third-order valence-corrected chi connectivity index (χ3v) is 5.07. The molecule has 1 atom stereocenters. The zero-order valence-electron chi connectivity index (χ0n) is 15.1. The lowest BCUT2D eigenvalue weighted by Gasteiger charge is -2.11. The Labute approximate surface area is 158 Å². The van der Waals surface area contributed by atoms with Crippen molar-refractivity contribution in [3.8, 4) is 0 Å². The highest BCUT2D eigenvalue weighted by Crippen LogP contribution is 2.41. The van der Waals surface area contributed by atoms with Crippen LogP contribution in [0.3, 0.4) is 0 Å². The van der Waals surface area contributed by atoms with Gasteiger partial charge in [0.2, 0.25) is 0 Å². The van der Waals surface area contributed by atoms with Gasteiger partial charge in [0.1, 0.15) is 0 Å². The minimum atomic E-state index is -3.56. The van der Waals surface area contributed by atoms with Crippen LogP contribution in [0.1, 0.15) is 29.4 Å². The summed E-state index contributed by atoms with van der Waals surface area (Å²) in [6, 6.07) is 12.1. The molecule has 0 aliphatic rings. The largest absolute Gasteiger partial charge is 0.392 e. The number of aliphatic hydroxyl groups is 1. The number of hydrogen-bond donors (Lipinski definition) is 4. The molecule has 1 aromatic heterocycles. The zero-order chi connectivity index (χ0) is 19.7. The van der Waals surface area contributed by atoms with Gasteiger partial charge in [0.05, 0.1) is 31.1 Å². The molecule has 0 bridgehead atoms. The first-order valence-electron chi connectivity index (χ1n) is 8.53. The van der Waals surface area contributed by atoms with Gasteiger partial charge in [-0.1, -0.05) is 37.3 Å². The van der Waals surface area contributed by atoms with Crippen molar-refractivity contribution in [3.63, 3.8) is 0 Å². The van der Waals surface area contributed by atoms with Crippen LogP contribution in [0.25, 0.3) is 0 Å². The van der Waals surface area contributed by atoms with Gasteiger partial charge >= 0.3 is 13.6 Å². The molecule has 0 aliphatic heterocycles. The monoisotopic (exact) mass is 393 g/mol. The number of hydrogen-bond acceptors (Lipinski definition) is 5. The summed E-state index contributed by atoms with van der Waals surface area (Å²) in [5, 5.41) is 14.6. The van der Waals surface area contributed by atoms with Gasteiger partial charge in [-0.3, -0.25) is 9.55 Å². The second kappa shape index (κ2) is 10.2. The number of amides is 2. The topological polar surface area (TPSA) is 121 Å². The van der Waals surface area contributed by atoms with E-state index in [1.54, 1.807) is 25.1 Å². The number of benzene rings is 1. The number of aliphatic hydroxyl groups excluding tert-OH is 1. The summed E-state index contributed by atoms with van der Waals surface area (Å²) >= 11 is 0. The normalized spacial score (nSPS) is 13.0. The van der Waals surface area contributed by atoms with Crippen molar-refractivity contribution in [2.45, 2.75) is 33.2 Å². The van der Waals surface area contributed by atoms with Gasteiger partial charge in [0.15, 0.2) is 0 Å². The molecule has 146 valence electrons. The number of rotatable bonds is 9. The van der Waals surface area contributed by atoms with Crippen LogP contribution in [0.15, 0.2) is 42.5 Å². The Kier molecular flexibility index (Phi) is 7.94. The Balaban J connectivity index is 1.80. The number of nitrogens with zero attached hydrogens (tertiary/aromatic N) is 1. The Morgan fingerprint density at radius 2 is 1.78 bits per heavy atom. The first-order chi connectivity index (χ1) is 12.9. The van der Waals surface area contributed by atoms with E-state index in [9.17, 15) is 14.3 Å². The van der Waals surface area contributed by atoms with Crippen molar-refractivity contribution >= 4 is 13.6 Å². The van der Waals surface area contributed by atoms with Crippen LogP contribution in [0.5, 0.6) is 0 Å². The highest BCUT2D eigenvalue weighted by Gasteiger charge is 2.16. The van der Waals surface area contributed by atoms with E-state index < -0.39 is 7.60 Å². The number of urea groups is 1. The summed E-state index contributed by atoms with van der Waals surface area (Å²) in [6.07, 6.45) is 0.0373. The van der Waals surface area contributed by atoms with Gasteiger partial charge in [-0.05, 0) is 23.3 Å². The van der Waals surface area contributed by atoms with Crippen molar-refractivity contribution in [2.75, 3.05) is 6.16 Å². The third kappa shape index (κ3) is 7.48. The molecule has 0 fully saturated rings. The van der Waals surface area contributed by atoms with E-state index in [2.05, 4.69) is 15.6 Å². The Bertz CT molecular complexity index is 815. The number of carbonyl (C=O) groups is 1. The molecular weight excluding hydrogens is 369 g/mol. The molecule has 0 saturated carbocycles. The highest BCUT2D eigenvalue weighted by atomic mass is 31.2. The average Bonchev–Trinajstić information content (AvgIpc) is 2.70. The molecule has 27 heavy (non-hydrogen) atoms. The summed E-state index contributed by atoms with van der Waals surface area (Å²) in [6.45, 7) is 2.01. The summed E-state index contributed by atoms with van der Waals surface area (Å²) in [5.41, 5.74) is 2.79. The average molecular weight is 393 g/mol. The van der Waals surface area contributed by atoms with Gasteiger partial charge in [-0.15, -0.1) is 0 Å².